The molecule has 0 saturated carbocycles. The van der Waals surface area contributed by atoms with Gasteiger partial charge in [0.25, 0.3) is 0 Å². The summed E-state index contributed by atoms with van der Waals surface area (Å²) >= 11 is 0. The van der Waals surface area contributed by atoms with Gasteiger partial charge in [0.1, 0.15) is 0 Å². The van der Waals surface area contributed by atoms with E-state index in [2.05, 4.69) is 13.8 Å². The monoisotopic (exact) mass is 300 g/mol. The van der Waals surface area contributed by atoms with E-state index in [1.165, 1.54) is 0 Å². The lowest BCUT2D eigenvalue weighted by molar-refractivity contribution is -0.138. The van der Waals surface area contributed by atoms with E-state index in [1.807, 2.05) is 9.80 Å². The van der Waals surface area contributed by atoms with Gasteiger partial charge in [-0.2, -0.15) is 0 Å². The van der Waals surface area contributed by atoms with Gasteiger partial charge in [-0.1, -0.05) is 13.8 Å². The van der Waals surface area contributed by atoms with Gasteiger partial charge in [0.15, 0.2) is 0 Å². The quantitative estimate of drug-likeness (QED) is 0.746. The number of rotatable bonds is 8. The Labute approximate surface area is 127 Å². The molecule has 0 aromatic carbocycles. The second-order valence-electron chi connectivity index (χ2n) is 5.47. The van der Waals surface area contributed by atoms with Gasteiger partial charge in [-0.15, -0.1) is 0 Å². The predicted octanol–water partition coefficient (Wildman–Crippen LogP) is 2.18. The van der Waals surface area contributed by atoms with Crippen LogP contribution in [0.15, 0.2) is 0 Å². The molecule has 0 spiro atoms. The van der Waals surface area contributed by atoms with Crippen LogP contribution in [0, 0.1) is 0 Å². The van der Waals surface area contributed by atoms with Crippen molar-refractivity contribution in [3.63, 3.8) is 0 Å². The fourth-order valence-electron chi connectivity index (χ4n) is 2.57. The van der Waals surface area contributed by atoms with Crippen LogP contribution < -0.4 is 0 Å². The van der Waals surface area contributed by atoms with Gasteiger partial charge in [0, 0.05) is 26.2 Å². The number of carboxylic acids is 1. The highest BCUT2D eigenvalue weighted by atomic mass is 16.5. The Morgan fingerprint density at radius 2 is 1.76 bits per heavy atom. The first kappa shape index (κ1) is 17.8. The van der Waals surface area contributed by atoms with Gasteiger partial charge >= 0.3 is 12.0 Å². The number of urea groups is 1. The maximum absolute atomic E-state index is 12.4. The topological polar surface area (TPSA) is 70.1 Å². The number of hydrogen-bond acceptors (Lipinski definition) is 3. The normalized spacial score (nSPS) is 16.0. The lowest BCUT2D eigenvalue weighted by Crippen LogP contribution is -2.48. The van der Waals surface area contributed by atoms with Crippen LogP contribution in [0.4, 0.5) is 4.79 Å². The van der Waals surface area contributed by atoms with Crippen LogP contribution >= 0.6 is 0 Å². The average Bonchev–Trinajstić information content (AvgIpc) is 2.47. The van der Waals surface area contributed by atoms with Crippen molar-refractivity contribution >= 4 is 12.0 Å². The largest absolute Gasteiger partial charge is 0.481 e. The summed E-state index contributed by atoms with van der Waals surface area (Å²) in [6.45, 7) is 7.42. The molecule has 1 N–H and O–H groups in total. The Morgan fingerprint density at radius 3 is 2.24 bits per heavy atom. The molecule has 2 amide bonds. The summed E-state index contributed by atoms with van der Waals surface area (Å²) in [4.78, 5) is 26.7. The molecule has 0 aromatic rings. The minimum absolute atomic E-state index is 0.0416. The molecule has 1 heterocycles. The second kappa shape index (κ2) is 9.60. The zero-order valence-electron chi connectivity index (χ0n) is 13.2. The number of amides is 2. The maximum atomic E-state index is 12.4. The van der Waals surface area contributed by atoms with E-state index in [1.54, 1.807) is 0 Å². The second-order valence-corrected chi connectivity index (χ2v) is 5.47. The number of carbonyl (C=O) groups is 2. The molecular formula is C15H28N2O4. The first-order valence-corrected chi connectivity index (χ1v) is 7.95. The van der Waals surface area contributed by atoms with Crippen LogP contribution in [0.5, 0.6) is 0 Å². The molecule has 0 radical (unpaired) electrons. The number of likely N-dealkylation sites (tertiary alicyclic amines) is 1. The third-order valence-electron chi connectivity index (χ3n) is 3.64. The molecular weight excluding hydrogens is 272 g/mol. The third kappa shape index (κ3) is 6.33. The summed E-state index contributed by atoms with van der Waals surface area (Å²) in [6.07, 6.45) is 3.65. The number of nitrogens with zero attached hydrogens (tertiary/aromatic N) is 2. The zero-order valence-corrected chi connectivity index (χ0v) is 13.2. The Bertz CT molecular complexity index is 322. The first-order valence-electron chi connectivity index (χ1n) is 7.95. The number of piperidine rings is 1. The Balaban J connectivity index is 2.33. The van der Waals surface area contributed by atoms with Crippen LogP contribution in [0.3, 0.4) is 0 Å². The van der Waals surface area contributed by atoms with Crippen molar-refractivity contribution in [1.82, 2.24) is 9.80 Å². The Kier molecular flexibility index (Phi) is 8.12. The SMILES string of the molecule is CCCN(CCC)C(=O)N1CCC(OCCC(=O)O)CC1. The molecule has 0 unspecified atom stereocenters. The lowest BCUT2D eigenvalue weighted by atomic mass is 10.1. The molecule has 0 atom stereocenters. The molecule has 6 nitrogen and oxygen atoms in total. The van der Waals surface area contributed by atoms with Gasteiger partial charge in [-0.3, -0.25) is 4.79 Å². The molecule has 122 valence electrons. The Hall–Kier alpha value is -1.30. The van der Waals surface area contributed by atoms with E-state index in [-0.39, 0.29) is 25.2 Å². The number of hydrogen-bond donors (Lipinski definition) is 1. The molecule has 6 heteroatoms. The molecule has 1 aliphatic heterocycles. The van der Waals surface area contributed by atoms with E-state index in [0.29, 0.717) is 13.1 Å². The summed E-state index contributed by atoms with van der Waals surface area (Å²) in [6, 6.07) is 0.127. The summed E-state index contributed by atoms with van der Waals surface area (Å²) < 4.78 is 5.54. The highest BCUT2D eigenvalue weighted by Crippen LogP contribution is 2.16. The smallest absolute Gasteiger partial charge is 0.320 e. The number of carboxylic acid groups (broad SMARTS) is 1. The van der Waals surface area contributed by atoms with Gasteiger partial charge < -0.3 is 19.6 Å². The average molecular weight is 300 g/mol. The van der Waals surface area contributed by atoms with Crippen LogP contribution in [0.1, 0.15) is 46.0 Å². The van der Waals surface area contributed by atoms with Crippen molar-refractivity contribution in [1.29, 1.82) is 0 Å². The van der Waals surface area contributed by atoms with E-state index in [4.69, 9.17) is 9.84 Å². The van der Waals surface area contributed by atoms with Crippen molar-refractivity contribution in [2.24, 2.45) is 0 Å². The van der Waals surface area contributed by atoms with Crippen LogP contribution in [0.2, 0.25) is 0 Å². The number of ether oxygens (including phenoxy) is 1. The van der Waals surface area contributed by atoms with Gasteiger partial charge in [0.2, 0.25) is 0 Å². The summed E-state index contributed by atoms with van der Waals surface area (Å²) in [5, 5.41) is 8.58. The molecule has 1 fully saturated rings. The third-order valence-corrected chi connectivity index (χ3v) is 3.64. The van der Waals surface area contributed by atoms with E-state index >= 15 is 0 Å². The van der Waals surface area contributed by atoms with E-state index in [9.17, 15) is 9.59 Å². The standard InChI is InChI=1S/C15H28N2O4/c1-3-8-16(9-4-2)15(20)17-10-5-13(6-11-17)21-12-7-14(18)19/h13H,3-12H2,1-2H3,(H,18,19). The van der Waals surface area contributed by atoms with Gasteiger partial charge in [0.05, 0.1) is 19.1 Å². The fourth-order valence-corrected chi connectivity index (χ4v) is 2.57. The van der Waals surface area contributed by atoms with Gasteiger partial charge in [-0.05, 0) is 25.7 Å². The minimum atomic E-state index is -0.836. The summed E-state index contributed by atoms with van der Waals surface area (Å²) in [7, 11) is 0. The molecule has 1 rings (SSSR count). The number of carbonyl (C=O) groups excluding carboxylic acids is 1. The molecule has 1 saturated heterocycles. The summed E-state index contributed by atoms with van der Waals surface area (Å²) in [5.41, 5.74) is 0. The van der Waals surface area contributed by atoms with E-state index < -0.39 is 5.97 Å². The molecule has 0 aromatic heterocycles. The highest BCUT2D eigenvalue weighted by Gasteiger charge is 2.26. The molecule has 0 aliphatic carbocycles. The summed E-state index contributed by atoms with van der Waals surface area (Å²) in [5.74, 6) is -0.836. The van der Waals surface area contributed by atoms with Crippen molar-refractivity contribution < 1.29 is 19.4 Å². The van der Waals surface area contributed by atoms with Crippen LogP contribution in [-0.2, 0) is 9.53 Å². The maximum Gasteiger partial charge on any atom is 0.320 e. The van der Waals surface area contributed by atoms with Crippen LogP contribution in [-0.4, -0.2) is 65.8 Å². The van der Waals surface area contributed by atoms with Crippen molar-refractivity contribution in [2.45, 2.75) is 52.1 Å². The molecule has 0 bridgehead atoms. The predicted molar refractivity (Wildman–Crippen MR) is 80.4 cm³/mol. The van der Waals surface area contributed by atoms with Crippen LogP contribution in [0.25, 0.3) is 0 Å². The zero-order chi connectivity index (χ0) is 15.7. The molecule has 1 aliphatic rings. The van der Waals surface area contributed by atoms with Gasteiger partial charge in [-0.25, -0.2) is 4.79 Å². The number of aliphatic carboxylic acids is 1. The Morgan fingerprint density at radius 1 is 1.19 bits per heavy atom. The van der Waals surface area contributed by atoms with Crippen molar-refractivity contribution in [3.05, 3.63) is 0 Å². The highest BCUT2D eigenvalue weighted by molar-refractivity contribution is 5.74. The van der Waals surface area contributed by atoms with Crippen molar-refractivity contribution in [2.75, 3.05) is 32.8 Å². The van der Waals surface area contributed by atoms with E-state index in [0.717, 1.165) is 38.8 Å². The fraction of sp³-hybridized carbons (Fsp3) is 0.867. The first-order chi connectivity index (χ1) is 10.1. The minimum Gasteiger partial charge on any atom is -0.481 e. The lowest BCUT2D eigenvalue weighted by Gasteiger charge is -2.35. The van der Waals surface area contributed by atoms with Crippen molar-refractivity contribution in [3.8, 4) is 0 Å². The molecule has 21 heavy (non-hydrogen) atoms.